The third kappa shape index (κ3) is 5.65. The van der Waals surface area contributed by atoms with Crippen molar-refractivity contribution in [1.82, 2.24) is 25.4 Å². The van der Waals surface area contributed by atoms with Crippen molar-refractivity contribution in [3.05, 3.63) is 70.4 Å². The molecule has 41 heavy (non-hydrogen) atoms. The van der Waals surface area contributed by atoms with Crippen LogP contribution in [0.5, 0.6) is 0 Å². The van der Waals surface area contributed by atoms with Crippen LogP contribution in [0.3, 0.4) is 0 Å². The number of H-pyrrole nitrogens is 1. The van der Waals surface area contributed by atoms with E-state index in [0.717, 1.165) is 17.4 Å². The molecule has 2 saturated heterocycles. The van der Waals surface area contributed by atoms with Crippen LogP contribution in [-0.2, 0) is 10.2 Å². The topological polar surface area (TPSA) is 107 Å². The van der Waals surface area contributed by atoms with Crippen molar-refractivity contribution in [2.75, 3.05) is 33.3 Å². The number of amides is 3. The fourth-order valence-corrected chi connectivity index (χ4v) is 6.60. The Morgan fingerprint density at radius 1 is 0.976 bits per heavy atom. The number of benzene rings is 2. The van der Waals surface area contributed by atoms with Crippen LogP contribution in [-0.4, -0.2) is 78.2 Å². The Hall–Kier alpha value is -3.56. The van der Waals surface area contributed by atoms with Crippen molar-refractivity contribution < 1.29 is 19.1 Å². The number of hydrogen-bond donors (Lipinski definition) is 3. The van der Waals surface area contributed by atoms with Crippen molar-refractivity contribution in [3.63, 3.8) is 0 Å². The fraction of sp³-hybridized carbons (Fsp3) is 0.452. The van der Waals surface area contributed by atoms with Gasteiger partial charge < -0.3 is 25.3 Å². The van der Waals surface area contributed by atoms with Gasteiger partial charge in [-0.3, -0.25) is 14.5 Å². The summed E-state index contributed by atoms with van der Waals surface area (Å²) in [4.78, 5) is 46.4. The summed E-state index contributed by atoms with van der Waals surface area (Å²) in [7, 11) is 1.31. The summed E-state index contributed by atoms with van der Waals surface area (Å²) in [6.45, 7) is 3.86. The molecule has 0 radical (unpaired) electrons. The van der Waals surface area contributed by atoms with E-state index in [2.05, 4.69) is 32.7 Å². The molecule has 6 rings (SSSR count). The number of nitrogens with one attached hydrogen (secondary N) is 3. The maximum Gasteiger partial charge on any atom is 0.411 e. The molecule has 216 valence electrons. The number of likely N-dealkylation sites (tertiary alicyclic amines) is 2. The van der Waals surface area contributed by atoms with Crippen LogP contribution in [0.4, 0.5) is 4.79 Å². The Morgan fingerprint density at radius 3 is 2.39 bits per heavy atom. The molecule has 3 amide bonds. The zero-order valence-electron chi connectivity index (χ0n) is 23.2. The quantitative estimate of drug-likeness (QED) is 0.378. The Balaban J connectivity index is 1.16. The van der Waals surface area contributed by atoms with Gasteiger partial charge in [-0.1, -0.05) is 29.8 Å². The summed E-state index contributed by atoms with van der Waals surface area (Å²) < 4.78 is 5.00. The maximum atomic E-state index is 13.4. The highest BCUT2D eigenvalue weighted by molar-refractivity contribution is 6.35. The van der Waals surface area contributed by atoms with Crippen molar-refractivity contribution in [2.45, 2.75) is 56.1 Å². The first-order chi connectivity index (χ1) is 19.9. The molecular formula is C31H36ClN5O4. The lowest BCUT2D eigenvalue weighted by molar-refractivity contribution is 0.0523. The number of fused-ring (bicyclic) bond motifs is 1. The second-order valence-electron chi connectivity index (χ2n) is 11.5. The van der Waals surface area contributed by atoms with Gasteiger partial charge in [0.05, 0.1) is 18.2 Å². The lowest BCUT2D eigenvalue weighted by Gasteiger charge is -2.40. The number of aromatic amines is 1. The summed E-state index contributed by atoms with van der Waals surface area (Å²) in [5, 5.41) is 7.44. The summed E-state index contributed by atoms with van der Waals surface area (Å²) in [6.07, 6.45) is 6.54. The average molecular weight is 578 g/mol. The summed E-state index contributed by atoms with van der Waals surface area (Å²) in [5.41, 5.74) is 3.21. The van der Waals surface area contributed by atoms with Crippen molar-refractivity contribution in [1.29, 1.82) is 0 Å². The molecule has 3 aromatic rings. The van der Waals surface area contributed by atoms with Crippen LogP contribution < -0.4 is 10.6 Å². The Labute approximate surface area is 244 Å². The third-order valence-electron chi connectivity index (χ3n) is 8.87. The number of ether oxygens (including phenoxy) is 1. The number of nitrogens with zero attached hydrogens (tertiary/aromatic N) is 2. The lowest BCUT2D eigenvalue weighted by Crippen LogP contribution is -2.64. The van der Waals surface area contributed by atoms with Crippen LogP contribution in [0.1, 0.15) is 64.8 Å². The van der Waals surface area contributed by atoms with Gasteiger partial charge in [0.25, 0.3) is 11.8 Å². The second kappa shape index (κ2) is 11.4. The molecule has 0 bridgehead atoms. The molecule has 2 atom stereocenters. The minimum atomic E-state index is -0.773. The zero-order chi connectivity index (χ0) is 28.6. The van der Waals surface area contributed by atoms with Crippen molar-refractivity contribution in [2.24, 2.45) is 0 Å². The van der Waals surface area contributed by atoms with Gasteiger partial charge >= 0.3 is 6.09 Å². The molecule has 10 heteroatoms. The summed E-state index contributed by atoms with van der Waals surface area (Å²) >= 11 is 6.18. The molecule has 2 unspecified atom stereocenters. The predicted molar refractivity (Wildman–Crippen MR) is 157 cm³/mol. The molecule has 3 N–H and O–H groups in total. The number of carbonyl (C=O) groups excluding carboxylic acids is 3. The second-order valence-corrected chi connectivity index (χ2v) is 11.9. The van der Waals surface area contributed by atoms with E-state index in [9.17, 15) is 14.4 Å². The predicted octanol–water partition coefficient (Wildman–Crippen LogP) is 4.67. The Bertz CT molecular complexity index is 1440. The standard InChI is InChI=1S/C31H36ClN5O4/c1-41-30(40)37-16-4-5-25(27(37)35-29(39)21-8-11-23-24(32)18-33-26(23)17-21)34-28(38)20-6-9-22(10-7-20)31(12-13-31)19-36-14-2-3-15-36/h6-11,17-18,25,27,33H,2-5,12-16,19H2,1H3,(H,34,38)(H,35,39). The van der Waals surface area contributed by atoms with Crippen LogP contribution in [0, 0.1) is 0 Å². The van der Waals surface area contributed by atoms with E-state index < -0.39 is 18.3 Å². The van der Waals surface area contributed by atoms with Crippen LogP contribution >= 0.6 is 11.6 Å². The minimum absolute atomic E-state index is 0.216. The first-order valence-electron chi connectivity index (χ1n) is 14.4. The first-order valence-corrected chi connectivity index (χ1v) is 14.8. The largest absolute Gasteiger partial charge is 0.453 e. The number of aromatic nitrogens is 1. The maximum absolute atomic E-state index is 13.4. The summed E-state index contributed by atoms with van der Waals surface area (Å²) in [6, 6.07) is 12.6. The molecule has 2 aromatic carbocycles. The van der Waals surface area contributed by atoms with Crippen LogP contribution in [0.2, 0.25) is 5.02 Å². The van der Waals surface area contributed by atoms with Crippen LogP contribution in [0.25, 0.3) is 10.9 Å². The first kappa shape index (κ1) is 27.6. The number of halogens is 1. The zero-order valence-corrected chi connectivity index (χ0v) is 24.0. The molecule has 9 nitrogen and oxygen atoms in total. The number of carbonyl (C=O) groups is 3. The molecule has 2 aliphatic heterocycles. The Morgan fingerprint density at radius 2 is 1.68 bits per heavy atom. The molecular weight excluding hydrogens is 542 g/mol. The number of hydrogen-bond acceptors (Lipinski definition) is 5. The monoisotopic (exact) mass is 577 g/mol. The van der Waals surface area contributed by atoms with Gasteiger partial charge in [0.1, 0.15) is 6.17 Å². The highest BCUT2D eigenvalue weighted by atomic mass is 35.5. The van der Waals surface area contributed by atoms with E-state index in [1.165, 1.54) is 56.3 Å². The molecule has 3 heterocycles. The van der Waals surface area contributed by atoms with E-state index in [1.807, 2.05) is 12.1 Å². The fourth-order valence-electron chi connectivity index (χ4n) is 6.38. The molecule has 3 aliphatic rings. The highest BCUT2D eigenvalue weighted by Crippen LogP contribution is 2.49. The van der Waals surface area contributed by atoms with Gasteiger partial charge in [-0.15, -0.1) is 0 Å². The number of rotatable bonds is 7. The van der Waals surface area contributed by atoms with Crippen molar-refractivity contribution in [3.8, 4) is 0 Å². The number of piperidine rings is 1. The van der Waals surface area contributed by atoms with E-state index >= 15 is 0 Å². The molecule has 1 aromatic heterocycles. The van der Waals surface area contributed by atoms with Gasteiger partial charge in [-0.25, -0.2) is 4.79 Å². The summed E-state index contributed by atoms with van der Waals surface area (Å²) in [5.74, 6) is -0.603. The molecule has 3 fully saturated rings. The Kier molecular flexibility index (Phi) is 7.66. The lowest BCUT2D eigenvalue weighted by atomic mass is 9.94. The van der Waals surface area contributed by atoms with E-state index in [0.29, 0.717) is 35.5 Å². The van der Waals surface area contributed by atoms with Crippen molar-refractivity contribution >= 4 is 40.4 Å². The average Bonchev–Trinajstić information content (AvgIpc) is 3.40. The van der Waals surface area contributed by atoms with Crippen LogP contribution in [0.15, 0.2) is 48.7 Å². The SMILES string of the molecule is COC(=O)N1CCCC(NC(=O)c2ccc(C3(CN4CCCC4)CC3)cc2)C1NC(=O)c1ccc2c(Cl)c[nH]c2c1. The van der Waals surface area contributed by atoms with Gasteiger partial charge in [0.15, 0.2) is 0 Å². The van der Waals surface area contributed by atoms with Gasteiger partial charge in [-0.2, -0.15) is 0 Å². The van der Waals surface area contributed by atoms with Gasteiger partial charge in [-0.05, 0) is 81.4 Å². The minimum Gasteiger partial charge on any atom is -0.453 e. The van der Waals surface area contributed by atoms with Gasteiger partial charge in [0, 0.05) is 46.7 Å². The number of methoxy groups -OCH3 is 1. The smallest absolute Gasteiger partial charge is 0.411 e. The van der Waals surface area contributed by atoms with Gasteiger partial charge in [0.2, 0.25) is 0 Å². The van der Waals surface area contributed by atoms with E-state index in [1.54, 1.807) is 24.4 Å². The molecule has 1 saturated carbocycles. The van der Waals surface area contributed by atoms with E-state index in [4.69, 9.17) is 16.3 Å². The molecule has 0 spiro atoms. The normalized spacial score (nSPS) is 22.0. The van der Waals surface area contributed by atoms with E-state index in [-0.39, 0.29) is 17.2 Å². The molecule has 1 aliphatic carbocycles. The highest BCUT2D eigenvalue weighted by Gasteiger charge is 2.45. The third-order valence-corrected chi connectivity index (χ3v) is 9.18.